The van der Waals surface area contributed by atoms with E-state index >= 15 is 0 Å². The summed E-state index contributed by atoms with van der Waals surface area (Å²) >= 11 is 3.59. The second-order valence-electron chi connectivity index (χ2n) is 4.73. The third kappa shape index (κ3) is 2.83. The minimum Gasteiger partial charge on any atom is -0.367 e. The van der Waals surface area contributed by atoms with Crippen LogP contribution in [-0.4, -0.2) is 33.7 Å². The maximum Gasteiger partial charge on any atom is 0.259 e. The number of nitrogens with one attached hydrogen (secondary N) is 1. The Morgan fingerprint density at radius 3 is 2.72 bits per heavy atom. The molecule has 0 spiro atoms. The number of aromatic nitrogens is 1. The van der Waals surface area contributed by atoms with Gasteiger partial charge >= 0.3 is 0 Å². The summed E-state index contributed by atoms with van der Waals surface area (Å²) in [4.78, 5) is 28.8. The number of H-pyrrole nitrogens is 1. The summed E-state index contributed by atoms with van der Waals surface area (Å²) in [5.74, 6) is 0.459. The molecule has 0 aliphatic carbocycles. The van der Waals surface area contributed by atoms with Crippen LogP contribution in [0.2, 0.25) is 0 Å². The van der Waals surface area contributed by atoms with E-state index in [1.807, 2.05) is 0 Å². The third-order valence-corrected chi connectivity index (χ3v) is 4.28. The van der Waals surface area contributed by atoms with Gasteiger partial charge in [0.2, 0.25) is 0 Å². The maximum absolute atomic E-state index is 12.2. The number of rotatable bonds is 2. The minimum absolute atomic E-state index is 0.155. The Morgan fingerprint density at radius 2 is 2.17 bits per heavy atom. The lowest BCUT2D eigenvalue weighted by atomic mass is 9.94. The van der Waals surface area contributed by atoms with Gasteiger partial charge in [0.15, 0.2) is 5.43 Å². The first-order chi connectivity index (χ1) is 8.59. The van der Waals surface area contributed by atoms with Crippen molar-refractivity contribution in [3.8, 4) is 0 Å². The number of likely N-dealkylation sites (tertiary alicyclic amines) is 1. The molecule has 0 bridgehead atoms. The summed E-state index contributed by atoms with van der Waals surface area (Å²) in [5.41, 5.74) is 0.0255. The molecule has 2 rings (SSSR count). The average molecular weight is 313 g/mol. The number of nitrogens with zero attached hydrogens (tertiary/aromatic N) is 1. The van der Waals surface area contributed by atoms with Gasteiger partial charge in [-0.05, 0) is 18.8 Å². The van der Waals surface area contributed by atoms with Crippen molar-refractivity contribution >= 4 is 21.8 Å². The molecule has 1 fully saturated rings. The lowest BCUT2D eigenvalue weighted by molar-refractivity contribution is 0.0690. The molecule has 1 N–H and O–H groups in total. The summed E-state index contributed by atoms with van der Waals surface area (Å²) in [6.45, 7) is 3.60. The van der Waals surface area contributed by atoms with Crippen LogP contribution in [0, 0.1) is 5.92 Å². The van der Waals surface area contributed by atoms with Crippen LogP contribution in [0.15, 0.2) is 23.3 Å². The standard InChI is InChI=1S/C13H17BrN2O2/c1-9(14)10-3-6-16(7-4-10)13(18)11-8-15-5-2-12(11)17/h2,5,8-10H,3-4,6-7H2,1H3,(H,15,17). The average Bonchev–Trinajstić information content (AvgIpc) is 2.38. The second-order valence-corrected chi connectivity index (χ2v) is 6.17. The van der Waals surface area contributed by atoms with E-state index in [2.05, 4.69) is 27.8 Å². The monoisotopic (exact) mass is 312 g/mol. The number of aromatic amines is 1. The van der Waals surface area contributed by atoms with Gasteiger partial charge in [0, 0.05) is 36.4 Å². The molecule has 1 amide bonds. The second kappa shape index (κ2) is 5.69. The van der Waals surface area contributed by atoms with E-state index in [-0.39, 0.29) is 16.9 Å². The molecule has 1 aromatic rings. The van der Waals surface area contributed by atoms with Crippen molar-refractivity contribution in [2.75, 3.05) is 13.1 Å². The van der Waals surface area contributed by atoms with Crippen molar-refractivity contribution in [1.29, 1.82) is 0 Å². The number of carbonyl (C=O) groups is 1. The molecule has 5 heteroatoms. The fourth-order valence-electron chi connectivity index (χ4n) is 2.32. The normalized spacial score (nSPS) is 18.7. The van der Waals surface area contributed by atoms with E-state index in [9.17, 15) is 9.59 Å². The largest absolute Gasteiger partial charge is 0.367 e. The van der Waals surface area contributed by atoms with Crippen molar-refractivity contribution in [2.45, 2.75) is 24.6 Å². The number of pyridine rings is 1. The third-order valence-electron chi connectivity index (χ3n) is 3.53. The number of halogens is 1. The summed E-state index contributed by atoms with van der Waals surface area (Å²) in [7, 11) is 0. The van der Waals surface area contributed by atoms with Crippen LogP contribution in [0.4, 0.5) is 0 Å². The van der Waals surface area contributed by atoms with Crippen LogP contribution in [-0.2, 0) is 0 Å². The van der Waals surface area contributed by atoms with Crippen LogP contribution >= 0.6 is 15.9 Å². The molecule has 98 valence electrons. The maximum atomic E-state index is 12.2. The first kappa shape index (κ1) is 13.3. The molecular weight excluding hydrogens is 296 g/mol. The first-order valence-electron chi connectivity index (χ1n) is 6.20. The van der Waals surface area contributed by atoms with E-state index in [0.717, 1.165) is 25.9 Å². The van der Waals surface area contributed by atoms with Crippen molar-refractivity contribution in [2.24, 2.45) is 5.92 Å². The molecule has 18 heavy (non-hydrogen) atoms. The van der Waals surface area contributed by atoms with Gasteiger partial charge in [0.05, 0.1) is 0 Å². The van der Waals surface area contributed by atoms with Gasteiger partial charge in [-0.1, -0.05) is 22.9 Å². The Labute approximate surface area is 115 Å². The molecule has 4 nitrogen and oxygen atoms in total. The zero-order chi connectivity index (χ0) is 13.1. The topological polar surface area (TPSA) is 53.2 Å². The highest BCUT2D eigenvalue weighted by Crippen LogP contribution is 2.25. The van der Waals surface area contributed by atoms with Crippen molar-refractivity contribution in [3.63, 3.8) is 0 Å². The van der Waals surface area contributed by atoms with E-state index in [1.165, 1.54) is 18.5 Å². The molecule has 1 aliphatic rings. The number of hydrogen-bond acceptors (Lipinski definition) is 2. The summed E-state index contributed by atoms with van der Waals surface area (Å²) in [6.07, 6.45) is 5.01. The molecule has 0 saturated carbocycles. The molecule has 1 aliphatic heterocycles. The molecule has 0 radical (unpaired) electrons. The number of amides is 1. The van der Waals surface area contributed by atoms with Crippen molar-refractivity contribution in [1.82, 2.24) is 9.88 Å². The Balaban J connectivity index is 2.04. The molecule has 1 aromatic heterocycles. The Kier molecular flexibility index (Phi) is 4.22. The predicted molar refractivity (Wildman–Crippen MR) is 74.1 cm³/mol. The lowest BCUT2D eigenvalue weighted by Gasteiger charge is -2.33. The molecule has 1 atom stereocenters. The fraction of sp³-hybridized carbons (Fsp3) is 0.538. The van der Waals surface area contributed by atoms with Gasteiger partial charge in [-0.25, -0.2) is 0 Å². The summed E-state index contributed by atoms with van der Waals surface area (Å²) in [5, 5.41) is 0. The lowest BCUT2D eigenvalue weighted by Crippen LogP contribution is -2.41. The summed E-state index contributed by atoms with van der Waals surface area (Å²) < 4.78 is 0. The van der Waals surface area contributed by atoms with E-state index < -0.39 is 0 Å². The predicted octanol–water partition coefficient (Wildman–Crippen LogP) is 2.01. The Hall–Kier alpha value is -1.10. The zero-order valence-electron chi connectivity index (χ0n) is 10.4. The van der Waals surface area contributed by atoms with Gasteiger partial charge in [0.1, 0.15) is 5.56 Å². The highest BCUT2D eigenvalue weighted by molar-refractivity contribution is 9.09. The molecular formula is C13H17BrN2O2. The molecule has 1 saturated heterocycles. The van der Waals surface area contributed by atoms with Crippen molar-refractivity contribution < 1.29 is 4.79 Å². The fourth-order valence-corrected chi connectivity index (χ4v) is 2.84. The van der Waals surface area contributed by atoms with E-state index in [1.54, 1.807) is 4.90 Å². The molecule has 2 heterocycles. The van der Waals surface area contributed by atoms with Crippen LogP contribution in [0.25, 0.3) is 0 Å². The van der Waals surface area contributed by atoms with Crippen LogP contribution in [0.1, 0.15) is 30.1 Å². The van der Waals surface area contributed by atoms with Gasteiger partial charge in [-0.2, -0.15) is 0 Å². The minimum atomic E-state index is -0.213. The SMILES string of the molecule is CC(Br)C1CCN(C(=O)c2c[nH]ccc2=O)CC1. The van der Waals surface area contributed by atoms with Gasteiger partial charge in [-0.15, -0.1) is 0 Å². The summed E-state index contributed by atoms with van der Waals surface area (Å²) in [6, 6.07) is 1.39. The quantitative estimate of drug-likeness (QED) is 0.849. The van der Waals surface area contributed by atoms with Gasteiger partial charge in [0.25, 0.3) is 5.91 Å². The number of alkyl halides is 1. The van der Waals surface area contributed by atoms with Gasteiger partial charge < -0.3 is 9.88 Å². The number of carbonyl (C=O) groups excluding carboxylic acids is 1. The van der Waals surface area contributed by atoms with Crippen LogP contribution in [0.5, 0.6) is 0 Å². The smallest absolute Gasteiger partial charge is 0.259 e. The zero-order valence-corrected chi connectivity index (χ0v) is 11.9. The molecule has 1 unspecified atom stereocenters. The first-order valence-corrected chi connectivity index (χ1v) is 7.11. The Morgan fingerprint density at radius 1 is 1.50 bits per heavy atom. The number of piperidine rings is 1. The highest BCUT2D eigenvalue weighted by atomic mass is 79.9. The van der Waals surface area contributed by atoms with Crippen LogP contribution in [0.3, 0.4) is 0 Å². The van der Waals surface area contributed by atoms with Gasteiger partial charge in [-0.3, -0.25) is 9.59 Å². The van der Waals surface area contributed by atoms with E-state index in [0.29, 0.717) is 10.7 Å². The highest BCUT2D eigenvalue weighted by Gasteiger charge is 2.26. The van der Waals surface area contributed by atoms with E-state index in [4.69, 9.17) is 0 Å². The number of hydrogen-bond donors (Lipinski definition) is 1. The Bertz CT molecular complexity index is 476. The van der Waals surface area contributed by atoms with Crippen molar-refractivity contribution in [3.05, 3.63) is 34.2 Å². The molecule has 0 aromatic carbocycles. The van der Waals surface area contributed by atoms with Crippen LogP contribution < -0.4 is 5.43 Å².